The fourth-order valence-electron chi connectivity index (χ4n) is 2.94. The normalized spacial score (nSPS) is 11.0. The number of rotatable bonds is 6. The van der Waals surface area contributed by atoms with Crippen molar-refractivity contribution < 1.29 is 9.18 Å². The molecule has 10 heteroatoms. The molecule has 2 aromatic carbocycles. The fraction of sp³-hybridized carbons (Fsp3) is 0.150. The van der Waals surface area contributed by atoms with Crippen LogP contribution in [0, 0.1) is 5.82 Å². The van der Waals surface area contributed by atoms with Crippen LogP contribution in [0.5, 0.6) is 0 Å². The Morgan fingerprint density at radius 1 is 1.10 bits per heavy atom. The molecule has 0 fully saturated rings. The minimum atomic E-state index is -0.507. The number of aromatic nitrogens is 5. The molecule has 0 aliphatic rings. The van der Waals surface area contributed by atoms with Gasteiger partial charge in [-0.25, -0.2) is 14.1 Å². The Kier molecular flexibility index (Phi) is 5.53. The Bertz CT molecular complexity index is 1290. The molecule has 0 saturated carbocycles. The molecule has 2 aromatic heterocycles. The molecule has 0 radical (unpaired) electrons. The number of nitrogens with zero attached hydrogens (tertiary/aromatic N) is 5. The van der Waals surface area contributed by atoms with Crippen LogP contribution in [0.3, 0.4) is 0 Å². The lowest BCUT2D eigenvalue weighted by atomic mass is 10.2. The van der Waals surface area contributed by atoms with Crippen molar-refractivity contribution >= 4 is 28.7 Å². The first-order valence-corrected chi connectivity index (χ1v) is 9.43. The van der Waals surface area contributed by atoms with Gasteiger partial charge in [0.05, 0.1) is 6.54 Å². The molecule has 0 bridgehead atoms. The van der Waals surface area contributed by atoms with Gasteiger partial charge in [-0.05, 0) is 17.7 Å². The molecule has 1 N–H and O–H groups in total. The number of fused-ring (bicyclic) bond motifs is 1. The van der Waals surface area contributed by atoms with Gasteiger partial charge in [-0.15, -0.1) is 5.10 Å². The van der Waals surface area contributed by atoms with Gasteiger partial charge >= 0.3 is 0 Å². The van der Waals surface area contributed by atoms with Crippen molar-refractivity contribution in [3.63, 3.8) is 0 Å². The number of benzene rings is 2. The maximum absolute atomic E-state index is 13.9. The van der Waals surface area contributed by atoms with Crippen molar-refractivity contribution in [1.29, 1.82) is 0 Å². The highest BCUT2D eigenvalue weighted by Gasteiger charge is 2.15. The van der Waals surface area contributed by atoms with E-state index in [1.54, 1.807) is 36.4 Å². The third-order valence-electron chi connectivity index (χ3n) is 4.52. The molecular formula is C20H16ClFN6O2. The number of hydrogen-bond acceptors (Lipinski definition) is 5. The van der Waals surface area contributed by atoms with Gasteiger partial charge in [0.2, 0.25) is 5.91 Å². The molecule has 1 amide bonds. The van der Waals surface area contributed by atoms with Crippen molar-refractivity contribution in [3.05, 3.63) is 87.2 Å². The quantitative estimate of drug-likeness (QED) is 0.509. The molecule has 4 aromatic rings. The van der Waals surface area contributed by atoms with Crippen LogP contribution in [0.2, 0.25) is 5.02 Å². The van der Waals surface area contributed by atoms with Crippen molar-refractivity contribution in [1.82, 2.24) is 29.9 Å². The summed E-state index contributed by atoms with van der Waals surface area (Å²) in [6.07, 6.45) is 1.25. The first-order valence-electron chi connectivity index (χ1n) is 9.05. The Balaban J connectivity index is 1.50. The Hall–Kier alpha value is -3.59. The number of carbonyl (C=O) groups is 1. The van der Waals surface area contributed by atoms with E-state index >= 15 is 0 Å². The largest absolute Gasteiger partial charge is 0.350 e. The molecule has 30 heavy (non-hydrogen) atoms. The molecule has 0 unspecified atom stereocenters. The number of carbonyl (C=O) groups excluding carboxylic acids is 1. The first-order chi connectivity index (χ1) is 14.5. The summed E-state index contributed by atoms with van der Waals surface area (Å²) in [6, 6.07) is 13.4. The third kappa shape index (κ3) is 4.06. The Labute approximate surface area is 174 Å². The van der Waals surface area contributed by atoms with Crippen LogP contribution in [0.25, 0.3) is 11.2 Å². The molecule has 152 valence electrons. The minimum Gasteiger partial charge on any atom is -0.350 e. The third-order valence-corrected chi connectivity index (χ3v) is 4.89. The SMILES string of the molecule is O=C(Cn1cnc2c(nnn2Cc2ccccc2F)c1=O)NCc1ccccc1Cl. The maximum atomic E-state index is 13.9. The van der Waals surface area contributed by atoms with E-state index in [0.29, 0.717) is 10.6 Å². The number of hydrogen-bond donors (Lipinski definition) is 1. The summed E-state index contributed by atoms with van der Waals surface area (Å²) in [6.45, 7) is 0.0894. The van der Waals surface area contributed by atoms with E-state index in [1.165, 1.54) is 17.1 Å². The monoisotopic (exact) mass is 426 g/mol. The minimum absolute atomic E-state index is 0.00717. The average Bonchev–Trinajstić information content (AvgIpc) is 3.15. The molecule has 0 saturated heterocycles. The molecule has 8 nitrogen and oxygen atoms in total. The van der Waals surface area contributed by atoms with Crippen LogP contribution in [0.1, 0.15) is 11.1 Å². The summed E-state index contributed by atoms with van der Waals surface area (Å²) < 4.78 is 16.4. The van der Waals surface area contributed by atoms with Crippen LogP contribution >= 0.6 is 11.6 Å². The van der Waals surface area contributed by atoms with Gasteiger partial charge in [0, 0.05) is 17.1 Å². The molecule has 2 heterocycles. The smallest absolute Gasteiger partial charge is 0.283 e. The van der Waals surface area contributed by atoms with Gasteiger partial charge in [-0.3, -0.25) is 14.2 Å². The average molecular weight is 427 g/mol. The molecule has 0 atom stereocenters. The van der Waals surface area contributed by atoms with Gasteiger partial charge in [0.15, 0.2) is 11.2 Å². The number of nitrogens with one attached hydrogen (secondary N) is 1. The highest BCUT2D eigenvalue weighted by atomic mass is 35.5. The standard InChI is InChI=1S/C20H16ClFN6O2/c21-15-7-3-1-5-13(15)9-23-17(29)11-27-12-24-19-18(20(27)30)25-26-28(19)10-14-6-2-4-8-16(14)22/h1-8,12H,9-11H2,(H,23,29). The van der Waals surface area contributed by atoms with Gasteiger partial charge in [-0.2, -0.15) is 0 Å². The van der Waals surface area contributed by atoms with Crippen molar-refractivity contribution in [2.24, 2.45) is 0 Å². The Morgan fingerprint density at radius 2 is 1.83 bits per heavy atom. The highest BCUT2D eigenvalue weighted by molar-refractivity contribution is 6.31. The second-order valence-electron chi connectivity index (χ2n) is 6.56. The van der Waals surface area contributed by atoms with E-state index in [1.807, 2.05) is 6.07 Å². The highest BCUT2D eigenvalue weighted by Crippen LogP contribution is 2.14. The molecule has 0 aliphatic heterocycles. The van der Waals surface area contributed by atoms with E-state index in [-0.39, 0.29) is 42.5 Å². The van der Waals surface area contributed by atoms with Crippen LogP contribution in [-0.4, -0.2) is 30.5 Å². The van der Waals surface area contributed by atoms with E-state index in [4.69, 9.17) is 11.6 Å². The van der Waals surface area contributed by atoms with E-state index in [0.717, 1.165) is 10.1 Å². The molecule has 4 rings (SSSR count). The van der Waals surface area contributed by atoms with E-state index < -0.39 is 5.56 Å². The predicted molar refractivity (Wildman–Crippen MR) is 108 cm³/mol. The summed E-state index contributed by atoms with van der Waals surface area (Å²) in [5, 5.41) is 11.0. The van der Waals surface area contributed by atoms with Crippen LogP contribution in [0.4, 0.5) is 4.39 Å². The zero-order chi connectivity index (χ0) is 21.1. The Morgan fingerprint density at radius 3 is 2.60 bits per heavy atom. The number of halogens is 2. The summed E-state index contributed by atoms with van der Waals surface area (Å²) >= 11 is 6.07. The topological polar surface area (TPSA) is 94.7 Å². The molecular weight excluding hydrogens is 411 g/mol. The van der Waals surface area contributed by atoms with Crippen molar-refractivity contribution in [3.8, 4) is 0 Å². The molecule has 0 aliphatic carbocycles. The lowest BCUT2D eigenvalue weighted by molar-refractivity contribution is -0.121. The van der Waals surface area contributed by atoms with Crippen molar-refractivity contribution in [2.75, 3.05) is 0 Å². The van der Waals surface area contributed by atoms with Gasteiger partial charge < -0.3 is 5.32 Å². The van der Waals surface area contributed by atoms with Crippen LogP contribution in [-0.2, 0) is 24.4 Å². The second-order valence-corrected chi connectivity index (χ2v) is 6.96. The summed E-state index contributed by atoms with van der Waals surface area (Å²) in [7, 11) is 0. The maximum Gasteiger partial charge on any atom is 0.283 e. The summed E-state index contributed by atoms with van der Waals surface area (Å²) in [5.74, 6) is -0.762. The van der Waals surface area contributed by atoms with Gasteiger partial charge in [0.25, 0.3) is 5.56 Å². The lowest BCUT2D eigenvalue weighted by Gasteiger charge is -2.08. The predicted octanol–water partition coefficient (Wildman–Crippen LogP) is 2.15. The first kappa shape index (κ1) is 19.7. The van der Waals surface area contributed by atoms with Gasteiger partial charge in [0.1, 0.15) is 18.7 Å². The lowest BCUT2D eigenvalue weighted by Crippen LogP contribution is -2.32. The van der Waals surface area contributed by atoms with Gasteiger partial charge in [-0.1, -0.05) is 53.2 Å². The zero-order valence-corrected chi connectivity index (χ0v) is 16.4. The summed E-state index contributed by atoms with van der Waals surface area (Å²) in [5.41, 5.74) is 0.884. The summed E-state index contributed by atoms with van der Waals surface area (Å²) in [4.78, 5) is 29.1. The second kappa shape index (κ2) is 8.42. The zero-order valence-electron chi connectivity index (χ0n) is 15.6. The van der Waals surface area contributed by atoms with Crippen LogP contribution < -0.4 is 10.9 Å². The molecule has 0 spiro atoms. The fourth-order valence-corrected chi connectivity index (χ4v) is 3.14. The van der Waals surface area contributed by atoms with E-state index in [2.05, 4.69) is 20.6 Å². The van der Waals surface area contributed by atoms with Crippen LogP contribution in [0.15, 0.2) is 59.7 Å². The van der Waals surface area contributed by atoms with E-state index in [9.17, 15) is 14.0 Å². The van der Waals surface area contributed by atoms with Crippen molar-refractivity contribution in [2.45, 2.75) is 19.6 Å². The number of amides is 1.